The number of hydrogen-bond donors (Lipinski definition) is 1. The largest absolute Gasteiger partial charge is 0.322 e. The zero-order chi connectivity index (χ0) is 19.0. The van der Waals surface area contributed by atoms with Crippen molar-refractivity contribution in [2.75, 3.05) is 10.2 Å². The third-order valence-corrected chi connectivity index (χ3v) is 4.75. The van der Waals surface area contributed by atoms with Gasteiger partial charge in [-0.1, -0.05) is 6.07 Å². The lowest BCUT2D eigenvalue weighted by Gasteiger charge is -2.21. The molecule has 4 rings (SSSR count). The van der Waals surface area contributed by atoms with Gasteiger partial charge in [0.25, 0.3) is 11.5 Å². The van der Waals surface area contributed by atoms with Crippen molar-refractivity contribution in [1.29, 1.82) is 0 Å². The van der Waals surface area contributed by atoms with E-state index in [1.807, 2.05) is 6.92 Å². The number of fused-ring (bicyclic) bond motifs is 1. The molecule has 0 saturated carbocycles. The second-order valence-corrected chi connectivity index (χ2v) is 6.56. The summed E-state index contributed by atoms with van der Waals surface area (Å²) in [4.78, 5) is 42.9. The smallest absolute Gasteiger partial charge is 0.270 e. The summed E-state index contributed by atoms with van der Waals surface area (Å²) in [6, 6.07) is 12.4. The van der Waals surface area contributed by atoms with E-state index in [4.69, 9.17) is 0 Å². The van der Waals surface area contributed by atoms with Gasteiger partial charge in [0.15, 0.2) is 0 Å². The molecular formula is C20H18N4O3. The molecule has 0 radical (unpaired) electrons. The Morgan fingerprint density at radius 1 is 1.15 bits per heavy atom. The van der Waals surface area contributed by atoms with E-state index in [1.165, 1.54) is 10.6 Å². The fraction of sp³-hybridized carbons (Fsp3) is 0.200. The number of benzene rings is 1. The Kier molecular flexibility index (Phi) is 4.19. The van der Waals surface area contributed by atoms with Crippen LogP contribution in [0.4, 0.5) is 11.4 Å². The van der Waals surface area contributed by atoms with Gasteiger partial charge in [-0.25, -0.2) is 4.98 Å². The van der Waals surface area contributed by atoms with Gasteiger partial charge in [0.1, 0.15) is 11.2 Å². The van der Waals surface area contributed by atoms with Crippen molar-refractivity contribution in [2.45, 2.75) is 25.8 Å². The minimum Gasteiger partial charge on any atom is -0.322 e. The second kappa shape index (κ2) is 6.68. The summed E-state index contributed by atoms with van der Waals surface area (Å²) in [5.41, 5.74) is 1.36. The van der Waals surface area contributed by atoms with E-state index in [-0.39, 0.29) is 17.5 Å². The molecular weight excluding hydrogens is 344 g/mol. The topological polar surface area (TPSA) is 83.8 Å². The maximum atomic E-state index is 12.5. The van der Waals surface area contributed by atoms with Crippen LogP contribution in [-0.2, 0) is 4.79 Å². The number of hydrogen-bond acceptors (Lipinski definition) is 4. The molecule has 0 spiro atoms. The van der Waals surface area contributed by atoms with Crippen LogP contribution in [0.15, 0.2) is 59.7 Å². The SMILES string of the molecule is CC1CCC(=O)N1c1ccc(NC(=O)c2cnc3ccccn3c2=O)cc1. The summed E-state index contributed by atoms with van der Waals surface area (Å²) < 4.78 is 1.33. The molecule has 1 atom stereocenters. The molecule has 1 N–H and O–H groups in total. The van der Waals surface area contributed by atoms with Crippen LogP contribution in [0.2, 0.25) is 0 Å². The standard InChI is InChI=1S/C20H18N4O3/c1-13-5-10-18(25)24(13)15-8-6-14(7-9-15)22-19(26)16-12-21-17-4-2-3-11-23(17)20(16)27/h2-4,6-9,11-13H,5,10H2,1H3,(H,22,26). The summed E-state index contributed by atoms with van der Waals surface area (Å²) in [6.07, 6.45) is 4.26. The quantitative estimate of drug-likeness (QED) is 0.776. The lowest BCUT2D eigenvalue weighted by molar-refractivity contribution is -0.117. The predicted molar refractivity (Wildman–Crippen MR) is 102 cm³/mol. The number of nitrogens with one attached hydrogen (secondary N) is 1. The number of aromatic nitrogens is 2. The molecule has 27 heavy (non-hydrogen) atoms. The van der Waals surface area contributed by atoms with Gasteiger partial charge in [-0.2, -0.15) is 0 Å². The van der Waals surface area contributed by atoms with Gasteiger partial charge < -0.3 is 10.2 Å². The zero-order valence-corrected chi connectivity index (χ0v) is 14.8. The highest BCUT2D eigenvalue weighted by Gasteiger charge is 2.28. The molecule has 1 aliphatic heterocycles. The highest BCUT2D eigenvalue weighted by atomic mass is 16.2. The molecule has 3 aromatic rings. The van der Waals surface area contributed by atoms with Crippen LogP contribution in [0.5, 0.6) is 0 Å². The Bertz CT molecular complexity index is 1090. The van der Waals surface area contributed by atoms with Gasteiger partial charge in [0.2, 0.25) is 5.91 Å². The zero-order valence-electron chi connectivity index (χ0n) is 14.8. The summed E-state index contributed by atoms with van der Waals surface area (Å²) >= 11 is 0. The summed E-state index contributed by atoms with van der Waals surface area (Å²) in [5, 5.41) is 2.71. The van der Waals surface area contributed by atoms with E-state index in [0.29, 0.717) is 17.8 Å². The minimum absolute atomic E-state index is 0.0360. The Hall–Kier alpha value is -3.48. The van der Waals surface area contributed by atoms with Crippen molar-refractivity contribution in [3.05, 3.63) is 70.8 Å². The molecule has 0 bridgehead atoms. The third-order valence-electron chi connectivity index (χ3n) is 4.75. The first kappa shape index (κ1) is 17.0. The normalized spacial score (nSPS) is 16.7. The number of nitrogens with zero attached hydrogens (tertiary/aromatic N) is 3. The van der Waals surface area contributed by atoms with Crippen LogP contribution in [0.1, 0.15) is 30.1 Å². The van der Waals surface area contributed by atoms with Crippen molar-refractivity contribution < 1.29 is 9.59 Å². The third kappa shape index (κ3) is 3.08. The highest BCUT2D eigenvalue weighted by Crippen LogP contribution is 2.27. The number of carbonyl (C=O) groups excluding carboxylic acids is 2. The summed E-state index contributed by atoms with van der Waals surface area (Å²) in [5.74, 6) is -0.418. The minimum atomic E-state index is -0.524. The summed E-state index contributed by atoms with van der Waals surface area (Å²) in [7, 11) is 0. The molecule has 0 aliphatic carbocycles. The van der Waals surface area contributed by atoms with E-state index in [0.717, 1.165) is 12.1 Å². The van der Waals surface area contributed by atoms with E-state index in [1.54, 1.807) is 53.6 Å². The highest BCUT2D eigenvalue weighted by molar-refractivity contribution is 6.04. The van der Waals surface area contributed by atoms with Gasteiger partial charge in [-0.3, -0.25) is 18.8 Å². The van der Waals surface area contributed by atoms with Crippen molar-refractivity contribution >= 4 is 28.8 Å². The van der Waals surface area contributed by atoms with Gasteiger partial charge in [0.05, 0.1) is 0 Å². The van der Waals surface area contributed by atoms with E-state index >= 15 is 0 Å². The number of rotatable bonds is 3. The Balaban J connectivity index is 1.56. The average Bonchev–Trinajstić information content (AvgIpc) is 3.01. The fourth-order valence-electron chi connectivity index (χ4n) is 3.31. The predicted octanol–water partition coefficient (Wildman–Crippen LogP) is 2.46. The molecule has 2 amide bonds. The number of anilines is 2. The Labute approximate surface area is 155 Å². The molecule has 3 heterocycles. The van der Waals surface area contributed by atoms with Crippen molar-refractivity contribution in [3.8, 4) is 0 Å². The summed E-state index contributed by atoms with van der Waals surface area (Å²) in [6.45, 7) is 2.01. The van der Waals surface area contributed by atoms with Crippen LogP contribution in [0.3, 0.4) is 0 Å². The van der Waals surface area contributed by atoms with Gasteiger partial charge in [0, 0.05) is 36.2 Å². The van der Waals surface area contributed by atoms with Crippen molar-refractivity contribution in [1.82, 2.24) is 9.38 Å². The first-order chi connectivity index (χ1) is 13.0. The Morgan fingerprint density at radius 3 is 2.63 bits per heavy atom. The molecule has 1 aromatic carbocycles. The van der Waals surface area contributed by atoms with Crippen LogP contribution in [0, 0.1) is 0 Å². The van der Waals surface area contributed by atoms with E-state index in [9.17, 15) is 14.4 Å². The molecule has 2 aromatic heterocycles. The first-order valence-corrected chi connectivity index (χ1v) is 8.74. The number of carbonyl (C=O) groups is 2. The second-order valence-electron chi connectivity index (χ2n) is 6.56. The average molecular weight is 362 g/mol. The number of pyridine rings is 1. The lowest BCUT2D eigenvalue weighted by atomic mass is 10.2. The van der Waals surface area contributed by atoms with E-state index < -0.39 is 11.5 Å². The molecule has 1 saturated heterocycles. The van der Waals surface area contributed by atoms with Crippen LogP contribution in [0.25, 0.3) is 5.65 Å². The fourth-order valence-corrected chi connectivity index (χ4v) is 3.31. The van der Waals surface area contributed by atoms with Crippen LogP contribution < -0.4 is 15.8 Å². The Morgan fingerprint density at radius 2 is 1.93 bits per heavy atom. The molecule has 7 nitrogen and oxygen atoms in total. The monoisotopic (exact) mass is 362 g/mol. The molecule has 1 unspecified atom stereocenters. The van der Waals surface area contributed by atoms with Gasteiger partial charge in [-0.05, 0) is 49.7 Å². The maximum Gasteiger partial charge on any atom is 0.270 e. The maximum absolute atomic E-state index is 12.5. The van der Waals surface area contributed by atoms with Crippen LogP contribution >= 0.6 is 0 Å². The van der Waals surface area contributed by atoms with E-state index in [2.05, 4.69) is 10.3 Å². The van der Waals surface area contributed by atoms with Crippen molar-refractivity contribution in [3.63, 3.8) is 0 Å². The number of amides is 2. The lowest BCUT2D eigenvalue weighted by Crippen LogP contribution is -2.30. The first-order valence-electron chi connectivity index (χ1n) is 8.74. The van der Waals surface area contributed by atoms with Gasteiger partial charge in [-0.15, -0.1) is 0 Å². The molecule has 1 fully saturated rings. The van der Waals surface area contributed by atoms with Crippen LogP contribution in [-0.4, -0.2) is 27.2 Å². The molecule has 1 aliphatic rings. The molecule has 7 heteroatoms. The van der Waals surface area contributed by atoms with Crippen molar-refractivity contribution in [2.24, 2.45) is 0 Å². The molecule has 136 valence electrons. The van der Waals surface area contributed by atoms with Gasteiger partial charge >= 0.3 is 0 Å².